The third-order valence-corrected chi connectivity index (χ3v) is 4.77. The van der Waals surface area contributed by atoms with Gasteiger partial charge in [0.25, 0.3) is 5.69 Å². The quantitative estimate of drug-likeness (QED) is 0.406. The lowest BCUT2D eigenvalue weighted by Gasteiger charge is -2.30. The lowest BCUT2D eigenvalue weighted by molar-refractivity contribution is -0.384. The van der Waals surface area contributed by atoms with Gasteiger partial charge in [-0.3, -0.25) is 10.1 Å². The average molecular weight is 441 g/mol. The Morgan fingerprint density at radius 1 is 1.16 bits per heavy atom. The molecule has 0 radical (unpaired) electrons. The minimum absolute atomic E-state index is 0.135. The van der Waals surface area contributed by atoms with Gasteiger partial charge in [0.05, 0.1) is 35.7 Å². The summed E-state index contributed by atoms with van der Waals surface area (Å²) in [6.07, 6.45) is 8.00. The van der Waals surface area contributed by atoms with E-state index in [-0.39, 0.29) is 23.4 Å². The van der Waals surface area contributed by atoms with Crippen LogP contribution in [0.3, 0.4) is 0 Å². The molecule has 2 aliphatic heterocycles. The first-order valence-electron chi connectivity index (χ1n) is 10.0. The van der Waals surface area contributed by atoms with Gasteiger partial charge in [0, 0.05) is 30.1 Å². The summed E-state index contributed by atoms with van der Waals surface area (Å²) in [6.45, 7) is 6.19. The summed E-state index contributed by atoms with van der Waals surface area (Å²) in [5.41, 5.74) is 1.76. The smallest absolute Gasteiger partial charge is 0.336 e. The van der Waals surface area contributed by atoms with E-state index in [0.29, 0.717) is 17.0 Å². The van der Waals surface area contributed by atoms with Crippen LogP contribution < -0.4 is 10.6 Å². The number of carbonyl (C=O) groups excluding carboxylic acids is 2. The van der Waals surface area contributed by atoms with E-state index in [1.807, 2.05) is 18.4 Å². The van der Waals surface area contributed by atoms with E-state index in [2.05, 4.69) is 16.7 Å². The summed E-state index contributed by atoms with van der Waals surface area (Å²) in [5, 5.41) is 17.2. The lowest BCUT2D eigenvalue weighted by atomic mass is 9.80. The van der Waals surface area contributed by atoms with Crippen LogP contribution in [0.4, 0.5) is 5.69 Å². The summed E-state index contributed by atoms with van der Waals surface area (Å²) >= 11 is 0. The van der Waals surface area contributed by atoms with E-state index < -0.39 is 22.8 Å². The highest BCUT2D eigenvalue weighted by molar-refractivity contribution is 5.99. The molecule has 0 fully saturated rings. The van der Waals surface area contributed by atoms with Crippen LogP contribution >= 0.6 is 0 Å². The van der Waals surface area contributed by atoms with Crippen molar-refractivity contribution >= 4 is 17.6 Å². The molecule has 32 heavy (non-hydrogen) atoms. The van der Waals surface area contributed by atoms with Crippen LogP contribution in [-0.2, 0) is 19.1 Å². The number of benzene rings is 1. The van der Waals surface area contributed by atoms with Crippen LogP contribution in [0.15, 0.2) is 71.2 Å². The maximum absolute atomic E-state index is 12.5. The number of nitrogens with one attached hydrogen (secondary N) is 2. The van der Waals surface area contributed by atoms with Gasteiger partial charge in [-0.15, -0.1) is 0 Å². The molecule has 9 heteroatoms. The zero-order valence-corrected chi connectivity index (χ0v) is 18.5. The monoisotopic (exact) mass is 441 g/mol. The van der Waals surface area contributed by atoms with Crippen LogP contribution in [-0.4, -0.2) is 37.1 Å². The number of nitrogens with zero attached hydrogens (tertiary/aromatic N) is 1. The van der Waals surface area contributed by atoms with Crippen molar-refractivity contribution in [2.24, 2.45) is 0 Å². The number of methoxy groups -OCH3 is 1. The van der Waals surface area contributed by atoms with Crippen molar-refractivity contribution in [2.45, 2.75) is 26.7 Å². The molecule has 0 aromatic heterocycles. The highest BCUT2D eigenvalue weighted by atomic mass is 16.6. The highest BCUT2D eigenvalue weighted by Crippen LogP contribution is 2.40. The molecule has 1 aromatic carbocycles. The minimum atomic E-state index is -0.831. The Labute approximate surface area is 186 Å². The second kappa shape index (κ2) is 11.5. The van der Waals surface area contributed by atoms with Gasteiger partial charge in [-0.1, -0.05) is 24.3 Å². The van der Waals surface area contributed by atoms with E-state index in [4.69, 9.17) is 9.47 Å². The summed E-state index contributed by atoms with van der Waals surface area (Å²) in [6, 6.07) is 5.84. The summed E-state index contributed by atoms with van der Waals surface area (Å²) < 4.78 is 10.0. The number of hydrogen-bond acceptors (Lipinski definition) is 8. The fraction of sp³-hybridized carbons (Fsp3) is 0.304. The van der Waals surface area contributed by atoms with Crippen molar-refractivity contribution in [1.82, 2.24) is 10.6 Å². The van der Waals surface area contributed by atoms with Gasteiger partial charge in [-0.25, -0.2) is 9.59 Å². The minimum Gasteiger partial charge on any atom is -0.466 e. The molecule has 3 rings (SSSR count). The van der Waals surface area contributed by atoms with Crippen molar-refractivity contribution in [3.63, 3.8) is 0 Å². The van der Waals surface area contributed by atoms with E-state index >= 15 is 0 Å². The Kier molecular flexibility index (Phi) is 8.76. The van der Waals surface area contributed by atoms with Crippen LogP contribution in [0.5, 0.6) is 0 Å². The van der Waals surface area contributed by atoms with Crippen molar-refractivity contribution < 1.29 is 24.0 Å². The lowest BCUT2D eigenvalue weighted by Crippen LogP contribution is -2.32. The predicted octanol–water partition coefficient (Wildman–Crippen LogP) is 3.23. The summed E-state index contributed by atoms with van der Waals surface area (Å²) in [4.78, 5) is 35.5. The largest absolute Gasteiger partial charge is 0.466 e. The number of ether oxygens (including phenoxy) is 2. The number of allylic oxidation sites excluding steroid dienone is 4. The first kappa shape index (κ1) is 24.4. The van der Waals surface area contributed by atoms with Crippen molar-refractivity contribution in [3.05, 3.63) is 86.9 Å². The van der Waals surface area contributed by atoms with Gasteiger partial charge in [0.1, 0.15) is 0 Å². The molecule has 2 aliphatic rings. The molecule has 1 unspecified atom stereocenters. The molecule has 0 bridgehead atoms. The zero-order chi connectivity index (χ0) is 23.7. The highest BCUT2D eigenvalue weighted by Gasteiger charge is 2.38. The van der Waals surface area contributed by atoms with Gasteiger partial charge < -0.3 is 20.1 Å². The third-order valence-electron chi connectivity index (χ3n) is 4.77. The standard InChI is InChI=1S/C18H20N2O6.C5H7N/c1-5-26-18(22)15-11(3)19-10(2)14(17(21)25-4)16(15)12-7-6-8-13(9-12)20(23)24;1-2-4-6-5-3-1/h6-9,16,19H,5H2,1-4H3;1-4,6H,5H2. The maximum Gasteiger partial charge on any atom is 0.336 e. The van der Waals surface area contributed by atoms with Crippen LogP contribution in [0.2, 0.25) is 0 Å². The number of dihydropyridines is 2. The topological polar surface area (TPSA) is 120 Å². The van der Waals surface area contributed by atoms with Gasteiger partial charge in [-0.2, -0.15) is 0 Å². The SMILES string of the molecule is C1=CCNC=C1.CCOC(=O)C1=C(C)NC(C)=C(C(=O)OC)C1c1cccc([N+](=O)[O-])c1. The average Bonchev–Trinajstić information content (AvgIpc) is 2.79. The fourth-order valence-electron chi connectivity index (χ4n) is 3.41. The van der Waals surface area contributed by atoms with Crippen LogP contribution in [0.1, 0.15) is 32.3 Å². The summed E-state index contributed by atoms with van der Waals surface area (Å²) in [7, 11) is 1.24. The van der Waals surface area contributed by atoms with Crippen molar-refractivity contribution in [1.29, 1.82) is 0 Å². The predicted molar refractivity (Wildman–Crippen MR) is 119 cm³/mol. The number of nitro groups is 1. The Balaban J connectivity index is 0.000000520. The molecule has 0 spiro atoms. The second-order valence-corrected chi connectivity index (χ2v) is 6.90. The third kappa shape index (κ3) is 5.84. The van der Waals surface area contributed by atoms with E-state index in [1.165, 1.54) is 25.3 Å². The molecule has 2 N–H and O–H groups in total. The first-order valence-corrected chi connectivity index (χ1v) is 10.0. The van der Waals surface area contributed by atoms with Gasteiger partial charge in [0.2, 0.25) is 0 Å². The Morgan fingerprint density at radius 3 is 2.31 bits per heavy atom. The number of nitro benzene ring substituents is 1. The molecule has 1 aromatic rings. The maximum atomic E-state index is 12.5. The zero-order valence-electron chi connectivity index (χ0n) is 18.5. The number of hydrogen-bond donors (Lipinski definition) is 2. The normalized spacial score (nSPS) is 16.9. The molecule has 0 saturated heterocycles. The van der Waals surface area contributed by atoms with E-state index in [1.54, 1.807) is 26.8 Å². The molecule has 0 amide bonds. The number of rotatable bonds is 5. The van der Waals surface area contributed by atoms with E-state index in [9.17, 15) is 19.7 Å². The Hall–Kier alpha value is -3.88. The molecular formula is C23H27N3O6. The first-order chi connectivity index (χ1) is 15.3. The molecular weight excluding hydrogens is 414 g/mol. The molecule has 0 aliphatic carbocycles. The molecule has 1 atom stereocenters. The number of carbonyl (C=O) groups is 2. The van der Waals surface area contributed by atoms with Crippen LogP contribution in [0, 0.1) is 10.1 Å². The Morgan fingerprint density at radius 2 is 1.84 bits per heavy atom. The van der Waals surface area contributed by atoms with E-state index in [0.717, 1.165) is 6.54 Å². The van der Waals surface area contributed by atoms with Gasteiger partial charge in [0.15, 0.2) is 0 Å². The fourth-order valence-corrected chi connectivity index (χ4v) is 3.41. The van der Waals surface area contributed by atoms with Gasteiger partial charge >= 0.3 is 11.9 Å². The van der Waals surface area contributed by atoms with Gasteiger partial charge in [-0.05, 0) is 38.6 Å². The Bertz CT molecular complexity index is 995. The van der Waals surface area contributed by atoms with Crippen molar-refractivity contribution in [2.75, 3.05) is 20.3 Å². The number of esters is 2. The molecule has 0 saturated carbocycles. The molecule has 170 valence electrons. The van der Waals surface area contributed by atoms with Crippen LogP contribution in [0.25, 0.3) is 0 Å². The number of non-ortho nitro benzene ring substituents is 1. The van der Waals surface area contributed by atoms with Crippen molar-refractivity contribution in [3.8, 4) is 0 Å². The second-order valence-electron chi connectivity index (χ2n) is 6.90. The summed E-state index contributed by atoms with van der Waals surface area (Å²) in [5.74, 6) is -2.05. The molecule has 2 heterocycles. The molecule has 9 nitrogen and oxygen atoms in total.